The van der Waals surface area contributed by atoms with Gasteiger partial charge in [0, 0.05) is 0 Å². The minimum atomic E-state index is -0.625. The zero-order valence-electron chi connectivity index (χ0n) is 11.1. The molecule has 0 radical (unpaired) electrons. The quantitative estimate of drug-likeness (QED) is 0.742. The summed E-state index contributed by atoms with van der Waals surface area (Å²) in [6.07, 6.45) is 7.14. The molecule has 1 saturated carbocycles. The molecule has 17 heavy (non-hydrogen) atoms. The lowest BCUT2D eigenvalue weighted by atomic mass is 9.60. The molecule has 5 atom stereocenters. The molecule has 2 rings (SSSR count). The van der Waals surface area contributed by atoms with Gasteiger partial charge in [-0.05, 0) is 49.9 Å². The molecule has 0 aliphatic heterocycles. The van der Waals surface area contributed by atoms with Crippen LogP contribution < -0.4 is 0 Å². The van der Waals surface area contributed by atoms with Crippen LogP contribution >= 0.6 is 0 Å². The van der Waals surface area contributed by atoms with Crippen LogP contribution in [0.3, 0.4) is 0 Å². The summed E-state index contributed by atoms with van der Waals surface area (Å²) in [5.74, 6) is 1.53. The lowest BCUT2D eigenvalue weighted by molar-refractivity contribution is -0.144. The molecule has 1 fully saturated rings. The van der Waals surface area contributed by atoms with E-state index in [1.807, 2.05) is 6.92 Å². The molecule has 2 heteroatoms. The average Bonchev–Trinajstić information content (AvgIpc) is 2.28. The number of hydrogen-bond donors (Lipinski definition) is 1. The maximum Gasteiger partial charge on any atom is 0.306 e. The molecule has 2 unspecified atom stereocenters. The largest absolute Gasteiger partial charge is 0.481 e. The van der Waals surface area contributed by atoms with E-state index in [-0.39, 0.29) is 5.92 Å². The predicted molar refractivity (Wildman–Crippen MR) is 68.7 cm³/mol. The average molecular weight is 236 g/mol. The second kappa shape index (κ2) is 4.83. The molecule has 0 aromatic carbocycles. The molecule has 0 bridgehead atoms. The summed E-state index contributed by atoms with van der Waals surface area (Å²) >= 11 is 0. The molecule has 2 aliphatic rings. The van der Waals surface area contributed by atoms with Crippen LogP contribution in [0.25, 0.3) is 0 Å². The van der Waals surface area contributed by atoms with Crippen molar-refractivity contribution in [3.8, 4) is 0 Å². The first kappa shape index (κ1) is 12.7. The Bertz CT molecular complexity index is 332. The topological polar surface area (TPSA) is 37.3 Å². The molecule has 0 saturated heterocycles. The lowest BCUT2D eigenvalue weighted by Crippen LogP contribution is -2.39. The Labute approximate surface area is 104 Å². The SMILES string of the molecule is CC1=CC2C(CC1)[C@H](C)CC[C@H]2[C@@H](C)C(=O)O. The van der Waals surface area contributed by atoms with Crippen molar-refractivity contribution in [1.82, 2.24) is 0 Å². The summed E-state index contributed by atoms with van der Waals surface area (Å²) in [5, 5.41) is 9.24. The van der Waals surface area contributed by atoms with Gasteiger partial charge in [-0.1, -0.05) is 31.9 Å². The highest BCUT2D eigenvalue weighted by Crippen LogP contribution is 2.47. The van der Waals surface area contributed by atoms with Gasteiger partial charge in [0.1, 0.15) is 0 Å². The molecular formula is C15H24O2. The van der Waals surface area contributed by atoms with E-state index in [2.05, 4.69) is 19.9 Å². The van der Waals surface area contributed by atoms with Gasteiger partial charge in [0.05, 0.1) is 5.92 Å². The summed E-state index contributed by atoms with van der Waals surface area (Å²) in [7, 11) is 0. The van der Waals surface area contributed by atoms with E-state index in [9.17, 15) is 9.90 Å². The van der Waals surface area contributed by atoms with Crippen molar-refractivity contribution in [2.45, 2.75) is 46.5 Å². The molecule has 2 aliphatic carbocycles. The van der Waals surface area contributed by atoms with Gasteiger partial charge in [-0.3, -0.25) is 4.79 Å². The Kier molecular flexibility index (Phi) is 3.60. The van der Waals surface area contributed by atoms with Gasteiger partial charge < -0.3 is 5.11 Å². The van der Waals surface area contributed by atoms with Crippen LogP contribution in [-0.2, 0) is 4.79 Å². The third kappa shape index (κ3) is 2.41. The maximum atomic E-state index is 11.2. The Morgan fingerprint density at radius 1 is 1.41 bits per heavy atom. The summed E-state index contributed by atoms with van der Waals surface area (Å²) in [6, 6.07) is 0. The fraction of sp³-hybridized carbons (Fsp3) is 0.800. The van der Waals surface area contributed by atoms with Crippen LogP contribution in [0.15, 0.2) is 11.6 Å². The van der Waals surface area contributed by atoms with Gasteiger partial charge in [-0.25, -0.2) is 0 Å². The predicted octanol–water partition coefficient (Wildman–Crippen LogP) is 3.73. The number of aliphatic carboxylic acids is 1. The second-order valence-corrected chi connectivity index (χ2v) is 6.14. The third-order valence-electron chi connectivity index (χ3n) is 5.06. The Hall–Kier alpha value is -0.790. The Balaban J connectivity index is 2.22. The Morgan fingerprint density at radius 3 is 2.76 bits per heavy atom. The number of carbonyl (C=O) groups is 1. The molecule has 0 aromatic rings. The molecule has 96 valence electrons. The number of rotatable bonds is 2. The van der Waals surface area contributed by atoms with E-state index < -0.39 is 5.97 Å². The van der Waals surface area contributed by atoms with Crippen molar-refractivity contribution in [2.75, 3.05) is 0 Å². The van der Waals surface area contributed by atoms with Gasteiger partial charge in [-0.15, -0.1) is 0 Å². The number of carboxylic acids is 1. The highest BCUT2D eigenvalue weighted by Gasteiger charge is 2.41. The van der Waals surface area contributed by atoms with Crippen LogP contribution in [0.5, 0.6) is 0 Å². The van der Waals surface area contributed by atoms with E-state index in [4.69, 9.17) is 0 Å². The highest BCUT2D eigenvalue weighted by molar-refractivity contribution is 5.70. The monoisotopic (exact) mass is 236 g/mol. The third-order valence-corrected chi connectivity index (χ3v) is 5.06. The van der Waals surface area contributed by atoms with Crippen molar-refractivity contribution >= 4 is 5.97 Å². The minimum Gasteiger partial charge on any atom is -0.481 e. The van der Waals surface area contributed by atoms with Crippen LogP contribution in [0.4, 0.5) is 0 Å². The van der Waals surface area contributed by atoms with Gasteiger partial charge >= 0.3 is 5.97 Å². The second-order valence-electron chi connectivity index (χ2n) is 6.14. The molecule has 0 amide bonds. The van der Waals surface area contributed by atoms with E-state index >= 15 is 0 Å². The number of fused-ring (bicyclic) bond motifs is 1. The number of hydrogen-bond acceptors (Lipinski definition) is 1. The zero-order valence-corrected chi connectivity index (χ0v) is 11.1. The molecular weight excluding hydrogens is 212 g/mol. The van der Waals surface area contributed by atoms with Crippen molar-refractivity contribution in [3.63, 3.8) is 0 Å². The summed E-state index contributed by atoms with van der Waals surface area (Å²) in [5.41, 5.74) is 1.46. The fourth-order valence-electron chi connectivity index (χ4n) is 3.86. The van der Waals surface area contributed by atoms with Gasteiger partial charge in [0.25, 0.3) is 0 Å². The number of allylic oxidation sites excluding steroid dienone is 2. The van der Waals surface area contributed by atoms with Crippen LogP contribution in [-0.4, -0.2) is 11.1 Å². The van der Waals surface area contributed by atoms with E-state index in [1.54, 1.807) is 0 Å². The zero-order chi connectivity index (χ0) is 12.6. The van der Waals surface area contributed by atoms with E-state index in [1.165, 1.54) is 24.8 Å². The fourth-order valence-corrected chi connectivity index (χ4v) is 3.86. The van der Waals surface area contributed by atoms with Crippen LogP contribution in [0.1, 0.15) is 46.5 Å². The van der Waals surface area contributed by atoms with E-state index in [0.29, 0.717) is 11.8 Å². The first-order valence-corrected chi connectivity index (χ1v) is 6.90. The highest BCUT2D eigenvalue weighted by atomic mass is 16.4. The molecule has 0 heterocycles. The first-order chi connectivity index (χ1) is 8.00. The van der Waals surface area contributed by atoms with Crippen molar-refractivity contribution in [1.29, 1.82) is 0 Å². The minimum absolute atomic E-state index is 0.197. The maximum absolute atomic E-state index is 11.2. The Morgan fingerprint density at radius 2 is 2.12 bits per heavy atom. The van der Waals surface area contributed by atoms with E-state index in [0.717, 1.165) is 18.3 Å². The molecule has 1 N–H and O–H groups in total. The number of carboxylic acid groups (broad SMARTS) is 1. The van der Waals surface area contributed by atoms with Gasteiger partial charge in [0.15, 0.2) is 0 Å². The first-order valence-electron chi connectivity index (χ1n) is 6.90. The summed E-state index contributed by atoms with van der Waals surface area (Å²) < 4.78 is 0. The lowest BCUT2D eigenvalue weighted by Gasteiger charge is -2.44. The molecule has 2 nitrogen and oxygen atoms in total. The van der Waals surface area contributed by atoms with Crippen molar-refractivity contribution in [3.05, 3.63) is 11.6 Å². The molecule has 0 spiro atoms. The van der Waals surface area contributed by atoms with Crippen LogP contribution in [0.2, 0.25) is 0 Å². The van der Waals surface area contributed by atoms with Crippen LogP contribution in [0, 0.1) is 29.6 Å². The summed E-state index contributed by atoms with van der Waals surface area (Å²) in [6.45, 7) is 6.42. The van der Waals surface area contributed by atoms with Gasteiger partial charge in [-0.2, -0.15) is 0 Å². The molecule has 0 aromatic heterocycles. The van der Waals surface area contributed by atoms with Crippen molar-refractivity contribution in [2.24, 2.45) is 29.6 Å². The van der Waals surface area contributed by atoms with Crippen molar-refractivity contribution < 1.29 is 9.90 Å². The normalized spacial score (nSPS) is 39.1. The standard InChI is InChI=1S/C15H24O2/c1-9-4-6-12-10(2)5-7-13(14(12)8-9)11(3)15(16)17/h8,10-14H,4-7H2,1-3H3,(H,16,17)/t10-,11-,12?,13+,14?/m1/s1. The van der Waals surface area contributed by atoms with Gasteiger partial charge in [0.2, 0.25) is 0 Å². The smallest absolute Gasteiger partial charge is 0.306 e. The summed E-state index contributed by atoms with van der Waals surface area (Å²) in [4.78, 5) is 11.2.